The molecule has 2 N–H and O–H groups in total. The number of amides is 2. The molecule has 10 nitrogen and oxygen atoms in total. The van der Waals surface area contributed by atoms with Crippen LogP contribution in [0.4, 0.5) is 10.5 Å². The minimum Gasteiger partial charge on any atom is -0.395 e. The Hall–Kier alpha value is -3.80. The maximum Gasteiger partial charge on any atom is 0.318 e. The number of hydrogen-bond donors (Lipinski definition) is 2. The van der Waals surface area contributed by atoms with Gasteiger partial charge < -0.3 is 15.3 Å². The molecule has 0 aliphatic rings. The standard InChI is InChI=1S/C32H42N4O6S/c1-25(2)21-35(43(41,42)31-17-15-26(3)16-18-31)30(24-37)13-7-8-19-33-32(38)34(22-27-10-5-4-6-11-27)23-28-12-9-14-29(20-28)36(39)40/h4-6,9-12,14-18,20,25,30,37H,7-8,13,19,21-24H2,1-3H3,(H,33,38)/t30-/m0/s1. The van der Waals surface area contributed by atoms with Crippen LogP contribution in [0.25, 0.3) is 0 Å². The fourth-order valence-corrected chi connectivity index (χ4v) is 6.59. The van der Waals surface area contributed by atoms with Crippen LogP contribution in [0.1, 0.15) is 49.8 Å². The van der Waals surface area contributed by atoms with E-state index < -0.39 is 21.0 Å². The van der Waals surface area contributed by atoms with Gasteiger partial charge in [-0.3, -0.25) is 10.1 Å². The molecule has 0 bridgehead atoms. The van der Waals surface area contributed by atoms with Gasteiger partial charge in [-0.05, 0) is 48.9 Å². The third kappa shape index (κ3) is 10.2. The number of nitro benzene ring substituents is 1. The van der Waals surface area contributed by atoms with Crippen molar-refractivity contribution in [1.82, 2.24) is 14.5 Å². The number of nitro groups is 1. The maximum atomic E-state index is 13.5. The van der Waals surface area contributed by atoms with E-state index in [-0.39, 0.29) is 42.2 Å². The van der Waals surface area contributed by atoms with Gasteiger partial charge in [0, 0.05) is 44.4 Å². The molecule has 3 rings (SSSR count). The van der Waals surface area contributed by atoms with E-state index >= 15 is 0 Å². The van der Waals surface area contributed by atoms with Gasteiger partial charge in [-0.2, -0.15) is 4.31 Å². The van der Waals surface area contributed by atoms with Crippen molar-refractivity contribution in [3.8, 4) is 0 Å². The monoisotopic (exact) mass is 610 g/mol. The first kappa shape index (κ1) is 33.7. The van der Waals surface area contributed by atoms with Gasteiger partial charge in [-0.1, -0.05) is 80.4 Å². The van der Waals surface area contributed by atoms with Gasteiger partial charge in [0.2, 0.25) is 10.0 Å². The Bertz CT molecular complexity index is 1430. The second-order valence-electron chi connectivity index (χ2n) is 11.1. The Labute approximate surface area is 254 Å². The van der Waals surface area contributed by atoms with Crippen LogP contribution in [0, 0.1) is 23.0 Å². The Morgan fingerprint density at radius 1 is 0.953 bits per heavy atom. The second kappa shape index (κ2) is 16.2. The fourth-order valence-electron chi connectivity index (χ4n) is 4.78. The van der Waals surface area contributed by atoms with E-state index in [2.05, 4.69) is 5.32 Å². The van der Waals surface area contributed by atoms with Crippen molar-refractivity contribution in [2.45, 2.75) is 64.1 Å². The van der Waals surface area contributed by atoms with Gasteiger partial charge in [0.1, 0.15) is 0 Å². The lowest BCUT2D eigenvalue weighted by molar-refractivity contribution is -0.384. The molecule has 0 heterocycles. The summed E-state index contributed by atoms with van der Waals surface area (Å²) in [5.41, 5.74) is 2.49. The van der Waals surface area contributed by atoms with Gasteiger partial charge in [-0.25, -0.2) is 13.2 Å². The van der Waals surface area contributed by atoms with Crippen LogP contribution in [0.5, 0.6) is 0 Å². The summed E-state index contributed by atoms with van der Waals surface area (Å²) < 4.78 is 28.4. The minimum absolute atomic E-state index is 0.0353. The van der Waals surface area contributed by atoms with E-state index in [1.54, 1.807) is 41.3 Å². The van der Waals surface area contributed by atoms with Crippen molar-refractivity contribution in [2.75, 3.05) is 19.7 Å². The lowest BCUT2D eigenvalue weighted by atomic mass is 10.1. The van der Waals surface area contributed by atoms with Crippen LogP contribution in [0.2, 0.25) is 0 Å². The molecule has 43 heavy (non-hydrogen) atoms. The van der Waals surface area contributed by atoms with E-state index in [1.807, 2.05) is 51.1 Å². The SMILES string of the molecule is Cc1ccc(S(=O)(=O)N(CC(C)C)[C@H](CO)CCCCNC(=O)N(Cc2ccccc2)Cc2cccc([N+](=O)[O-])c2)cc1. The quantitative estimate of drug-likeness (QED) is 0.125. The van der Waals surface area contributed by atoms with Gasteiger partial charge in [0.25, 0.3) is 5.69 Å². The highest BCUT2D eigenvalue weighted by molar-refractivity contribution is 7.89. The molecule has 0 saturated heterocycles. The average molecular weight is 611 g/mol. The highest BCUT2D eigenvalue weighted by atomic mass is 32.2. The molecule has 11 heteroatoms. The normalized spacial score (nSPS) is 12.3. The number of benzene rings is 3. The summed E-state index contributed by atoms with van der Waals surface area (Å²) in [6, 6.07) is 21.5. The number of aliphatic hydroxyl groups is 1. The summed E-state index contributed by atoms with van der Waals surface area (Å²) in [6.45, 7) is 6.62. The smallest absolute Gasteiger partial charge is 0.318 e. The summed E-state index contributed by atoms with van der Waals surface area (Å²) in [5.74, 6) is 0.0650. The number of sulfonamides is 1. The van der Waals surface area contributed by atoms with Crippen molar-refractivity contribution in [3.63, 3.8) is 0 Å². The molecule has 0 aliphatic heterocycles. The predicted molar refractivity (Wildman–Crippen MR) is 167 cm³/mol. The maximum absolute atomic E-state index is 13.5. The van der Waals surface area contributed by atoms with Crippen molar-refractivity contribution < 1.29 is 23.2 Å². The molecule has 1 atom stereocenters. The third-order valence-electron chi connectivity index (χ3n) is 7.03. The third-order valence-corrected chi connectivity index (χ3v) is 8.96. The first-order valence-electron chi connectivity index (χ1n) is 14.5. The fraction of sp³-hybridized carbons (Fsp3) is 0.406. The number of aliphatic hydroxyl groups excluding tert-OH is 1. The Morgan fingerprint density at radius 3 is 2.23 bits per heavy atom. The van der Waals surface area contributed by atoms with E-state index in [1.165, 1.54) is 16.4 Å². The topological polar surface area (TPSA) is 133 Å². The molecule has 3 aromatic rings. The molecule has 0 saturated carbocycles. The lowest BCUT2D eigenvalue weighted by Crippen LogP contribution is -2.44. The molecular weight excluding hydrogens is 568 g/mol. The van der Waals surface area contributed by atoms with Gasteiger partial charge in [0.15, 0.2) is 0 Å². The first-order valence-corrected chi connectivity index (χ1v) is 15.9. The van der Waals surface area contributed by atoms with Crippen molar-refractivity contribution in [1.29, 1.82) is 0 Å². The molecule has 0 fully saturated rings. The number of carbonyl (C=O) groups excluding carboxylic acids is 1. The van der Waals surface area contributed by atoms with E-state index in [4.69, 9.17) is 0 Å². The molecule has 0 aliphatic carbocycles. The zero-order chi connectivity index (χ0) is 31.4. The number of non-ortho nitro benzene ring substituents is 1. The number of hydrogen-bond acceptors (Lipinski definition) is 6. The molecule has 3 aromatic carbocycles. The van der Waals surface area contributed by atoms with E-state index in [0.717, 1.165) is 11.1 Å². The number of aryl methyl sites for hydroxylation is 1. The zero-order valence-electron chi connectivity index (χ0n) is 25.1. The first-order chi connectivity index (χ1) is 20.5. The summed E-state index contributed by atoms with van der Waals surface area (Å²) in [5, 5.41) is 24.4. The van der Waals surface area contributed by atoms with Crippen LogP contribution in [-0.4, -0.2) is 59.4 Å². The van der Waals surface area contributed by atoms with Crippen molar-refractivity contribution in [3.05, 3.63) is 106 Å². The van der Waals surface area contributed by atoms with Gasteiger partial charge in [0.05, 0.1) is 16.4 Å². The van der Waals surface area contributed by atoms with Crippen LogP contribution < -0.4 is 5.32 Å². The van der Waals surface area contributed by atoms with Crippen molar-refractivity contribution >= 4 is 21.7 Å². The molecule has 0 spiro atoms. The van der Waals surface area contributed by atoms with Gasteiger partial charge in [-0.15, -0.1) is 0 Å². The molecule has 232 valence electrons. The zero-order valence-corrected chi connectivity index (χ0v) is 25.9. The highest BCUT2D eigenvalue weighted by Crippen LogP contribution is 2.23. The number of urea groups is 1. The second-order valence-corrected chi connectivity index (χ2v) is 13.0. The largest absolute Gasteiger partial charge is 0.395 e. The van der Waals surface area contributed by atoms with Crippen LogP contribution in [-0.2, 0) is 23.1 Å². The Morgan fingerprint density at radius 2 is 1.60 bits per heavy atom. The summed E-state index contributed by atoms with van der Waals surface area (Å²) in [4.78, 5) is 25.8. The van der Waals surface area contributed by atoms with Crippen LogP contribution >= 0.6 is 0 Å². The molecule has 2 amide bonds. The lowest BCUT2D eigenvalue weighted by Gasteiger charge is -2.31. The highest BCUT2D eigenvalue weighted by Gasteiger charge is 2.31. The number of nitrogens with one attached hydrogen (secondary N) is 1. The molecular formula is C32H42N4O6S. The molecule has 0 radical (unpaired) electrons. The Balaban J connectivity index is 1.62. The predicted octanol–water partition coefficient (Wildman–Crippen LogP) is 5.49. The van der Waals surface area contributed by atoms with E-state index in [9.17, 15) is 28.4 Å². The van der Waals surface area contributed by atoms with Crippen LogP contribution in [0.3, 0.4) is 0 Å². The number of rotatable bonds is 16. The summed E-state index contributed by atoms with van der Waals surface area (Å²) >= 11 is 0. The molecule has 0 unspecified atom stereocenters. The van der Waals surface area contributed by atoms with Gasteiger partial charge >= 0.3 is 6.03 Å². The summed E-state index contributed by atoms with van der Waals surface area (Å²) in [6.07, 6.45) is 1.61. The molecule has 0 aromatic heterocycles. The number of nitrogens with zero attached hydrogens (tertiary/aromatic N) is 3. The number of unbranched alkanes of at least 4 members (excludes halogenated alkanes) is 1. The van der Waals surface area contributed by atoms with Crippen molar-refractivity contribution in [2.24, 2.45) is 5.92 Å². The van der Waals surface area contributed by atoms with E-state index in [0.29, 0.717) is 37.9 Å². The number of carbonyl (C=O) groups is 1. The summed E-state index contributed by atoms with van der Waals surface area (Å²) in [7, 11) is -3.80. The van der Waals surface area contributed by atoms with Crippen LogP contribution in [0.15, 0.2) is 83.8 Å². The Kier molecular flexibility index (Phi) is 12.7. The average Bonchev–Trinajstić information content (AvgIpc) is 2.98. The minimum atomic E-state index is -3.80.